The van der Waals surface area contributed by atoms with Gasteiger partial charge < -0.3 is 5.32 Å². The minimum absolute atomic E-state index is 0.193. The summed E-state index contributed by atoms with van der Waals surface area (Å²) in [4.78, 5) is 16.2. The molecule has 7 heteroatoms. The first-order valence-corrected chi connectivity index (χ1v) is 8.06. The van der Waals surface area contributed by atoms with E-state index in [9.17, 15) is 13.2 Å². The molecule has 6 nitrogen and oxygen atoms in total. The Morgan fingerprint density at radius 2 is 1.95 bits per heavy atom. The average molecular weight is 315 g/mol. The summed E-state index contributed by atoms with van der Waals surface area (Å²) in [5, 5.41) is 6.32. The SMILES string of the molecule is Cc1ccc(NC(=O)Nc2ccc3c(c2)S(=O)(=O)C=C3)nc1. The highest BCUT2D eigenvalue weighted by molar-refractivity contribution is 7.94. The van der Waals surface area contributed by atoms with Gasteiger partial charge in [-0.2, -0.15) is 0 Å². The van der Waals surface area contributed by atoms with E-state index in [4.69, 9.17) is 0 Å². The van der Waals surface area contributed by atoms with E-state index < -0.39 is 15.9 Å². The number of nitrogens with zero attached hydrogens (tertiary/aromatic N) is 1. The molecule has 2 amide bonds. The van der Waals surface area contributed by atoms with Crippen LogP contribution in [0.4, 0.5) is 16.3 Å². The summed E-state index contributed by atoms with van der Waals surface area (Å²) in [6, 6.07) is 7.76. The van der Waals surface area contributed by atoms with E-state index in [0.717, 1.165) is 11.0 Å². The van der Waals surface area contributed by atoms with Crippen LogP contribution < -0.4 is 10.6 Å². The molecule has 0 saturated heterocycles. The van der Waals surface area contributed by atoms with Gasteiger partial charge in [0.15, 0.2) is 0 Å². The number of urea groups is 1. The van der Waals surface area contributed by atoms with Crippen LogP contribution in [-0.2, 0) is 9.84 Å². The van der Waals surface area contributed by atoms with Crippen LogP contribution in [0.3, 0.4) is 0 Å². The number of nitrogens with one attached hydrogen (secondary N) is 2. The van der Waals surface area contributed by atoms with Gasteiger partial charge in [0.25, 0.3) is 0 Å². The van der Waals surface area contributed by atoms with Crippen molar-refractivity contribution in [2.75, 3.05) is 10.6 Å². The molecule has 22 heavy (non-hydrogen) atoms. The number of sulfone groups is 1. The van der Waals surface area contributed by atoms with Crippen molar-refractivity contribution in [1.82, 2.24) is 4.98 Å². The molecule has 1 aliphatic rings. The van der Waals surface area contributed by atoms with E-state index in [2.05, 4.69) is 15.6 Å². The number of amides is 2. The molecule has 0 radical (unpaired) electrons. The van der Waals surface area contributed by atoms with Gasteiger partial charge in [0.05, 0.1) is 4.90 Å². The first kappa shape index (κ1) is 14.3. The Morgan fingerprint density at radius 1 is 1.14 bits per heavy atom. The molecule has 1 aliphatic heterocycles. The van der Waals surface area contributed by atoms with Gasteiger partial charge in [-0.05, 0) is 42.3 Å². The quantitative estimate of drug-likeness (QED) is 0.892. The summed E-state index contributed by atoms with van der Waals surface area (Å²) in [5.74, 6) is 0.415. The molecule has 0 unspecified atom stereocenters. The molecule has 2 heterocycles. The fourth-order valence-electron chi connectivity index (χ4n) is 2.05. The summed E-state index contributed by atoms with van der Waals surface area (Å²) < 4.78 is 23.6. The summed E-state index contributed by atoms with van der Waals surface area (Å²) in [7, 11) is -3.39. The van der Waals surface area contributed by atoms with Crippen LogP contribution in [0.25, 0.3) is 6.08 Å². The minimum Gasteiger partial charge on any atom is -0.308 e. The van der Waals surface area contributed by atoms with Crippen molar-refractivity contribution in [3.8, 4) is 0 Å². The van der Waals surface area contributed by atoms with E-state index >= 15 is 0 Å². The zero-order valence-corrected chi connectivity index (χ0v) is 12.5. The van der Waals surface area contributed by atoms with Crippen molar-refractivity contribution in [3.63, 3.8) is 0 Å². The maximum absolute atomic E-state index is 11.9. The summed E-state index contributed by atoms with van der Waals surface area (Å²) in [6.45, 7) is 1.90. The zero-order valence-electron chi connectivity index (χ0n) is 11.7. The highest BCUT2D eigenvalue weighted by Crippen LogP contribution is 2.29. The number of rotatable bonds is 2. The third kappa shape index (κ3) is 2.84. The molecule has 0 saturated carbocycles. The molecule has 0 aliphatic carbocycles. The molecular formula is C15H13N3O3S. The van der Waals surface area contributed by atoms with E-state index in [-0.39, 0.29) is 4.90 Å². The minimum atomic E-state index is -3.39. The second kappa shape index (κ2) is 5.27. The monoisotopic (exact) mass is 315 g/mol. The van der Waals surface area contributed by atoms with Crippen molar-refractivity contribution in [2.24, 2.45) is 0 Å². The Morgan fingerprint density at radius 3 is 2.68 bits per heavy atom. The molecule has 3 rings (SSSR count). The van der Waals surface area contributed by atoms with Crippen LogP contribution in [0.15, 0.2) is 46.8 Å². The lowest BCUT2D eigenvalue weighted by atomic mass is 10.2. The molecule has 112 valence electrons. The first-order chi connectivity index (χ1) is 10.4. The van der Waals surface area contributed by atoms with Gasteiger partial charge in [0.2, 0.25) is 9.84 Å². The second-order valence-corrected chi connectivity index (χ2v) is 6.70. The van der Waals surface area contributed by atoms with Crippen LogP contribution in [0, 0.1) is 6.92 Å². The van der Waals surface area contributed by atoms with Crippen molar-refractivity contribution < 1.29 is 13.2 Å². The molecule has 0 bridgehead atoms. The largest absolute Gasteiger partial charge is 0.324 e. The van der Waals surface area contributed by atoms with E-state index in [1.807, 2.05) is 13.0 Å². The number of aryl methyl sites for hydroxylation is 1. The predicted octanol–water partition coefficient (Wildman–Crippen LogP) is 2.79. The van der Waals surface area contributed by atoms with Gasteiger partial charge >= 0.3 is 6.03 Å². The third-order valence-corrected chi connectivity index (χ3v) is 4.62. The molecule has 2 aromatic rings. The first-order valence-electron chi connectivity index (χ1n) is 6.52. The van der Waals surface area contributed by atoms with E-state index in [1.54, 1.807) is 24.4 Å². The molecular weight excluding hydrogens is 302 g/mol. The molecule has 0 fully saturated rings. The lowest BCUT2D eigenvalue weighted by Crippen LogP contribution is -2.20. The fourth-order valence-corrected chi connectivity index (χ4v) is 3.28. The van der Waals surface area contributed by atoms with Crippen molar-refractivity contribution in [1.29, 1.82) is 0 Å². The highest BCUT2D eigenvalue weighted by Gasteiger charge is 2.21. The van der Waals surface area contributed by atoms with Gasteiger partial charge in [0, 0.05) is 17.3 Å². The number of pyridine rings is 1. The number of carbonyl (C=O) groups excluding carboxylic acids is 1. The van der Waals surface area contributed by atoms with Crippen molar-refractivity contribution in [2.45, 2.75) is 11.8 Å². The fraction of sp³-hybridized carbons (Fsp3) is 0.0667. The number of aromatic nitrogens is 1. The molecule has 1 aromatic heterocycles. The van der Waals surface area contributed by atoms with Gasteiger partial charge in [-0.25, -0.2) is 18.2 Å². The van der Waals surface area contributed by atoms with Crippen LogP contribution in [0.2, 0.25) is 0 Å². The zero-order chi connectivity index (χ0) is 15.7. The topological polar surface area (TPSA) is 88.2 Å². The van der Waals surface area contributed by atoms with Gasteiger partial charge in [0.1, 0.15) is 5.82 Å². The van der Waals surface area contributed by atoms with Crippen LogP contribution in [0.5, 0.6) is 0 Å². The van der Waals surface area contributed by atoms with Gasteiger partial charge in [-0.1, -0.05) is 12.1 Å². The van der Waals surface area contributed by atoms with Crippen LogP contribution in [0.1, 0.15) is 11.1 Å². The molecule has 0 spiro atoms. The summed E-state index contributed by atoms with van der Waals surface area (Å²) in [5.41, 5.74) is 2.00. The maximum atomic E-state index is 11.9. The Kier molecular flexibility index (Phi) is 3.42. The van der Waals surface area contributed by atoms with Crippen molar-refractivity contribution >= 4 is 33.4 Å². The Hall–Kier alpha value is -2.67. The Labute approximate surface area is 127 Å². The molecule has 0 atom stereocenters. The van der Waals surface area contributed by atoms with Crippen molar-refractivity contribution in [3.05, 3.63) is 53.1 Å². The van der Waals surface area contributed by atoms with Crippen LogP contribution in [-0.4, -0.2) is 19.4 Å². The van der Waals surface area contributed by atoms with E-state index in [1.165, 1.54) is 12.1 Å². The predicted molar refractivity (Wildman–Crippen MR) is 84.3 cm³/mol. The number of fused-ring (bicyclic) bond motifs is 1. The molecule has 1 aromatic carbocycles. The second-order valence-electron chi connectivity index (χ2n) is 4.90. The highest BCUT2D eigenvalue weighted by atomic mass is 32.2. The number of benzene rings is 1. The third-order valence-electron chi connectivity index (χ3n) is 3.16. The lowest BCUT2D eigenvalue weighted by molar-refractivity contribution is 0.262. The number of carbonyl (C=O) groups is 1. The Bertz CT molecular complexity index is 871. The Balaban J connectivity index is 1.74. The lowest BCUT2D eigenvalue weighted by Gasteiger charge is -2.08. The standard InChI is InChI=1S/C15H13N3O3S/c1-10-2-5-14(16-9-10)18-15(19)17-12-4-3-11-6-7-22(20,21)13(11)8-12/h2-9H,1H3,(H2,16,17,18,19). The van der Waals surface area contributed by atoms with Gasteiger partial charge in [-0.15, -0.1) is 0 Å². The smallest absolute Gasteiger partial charge is 0.308 e. The average Bonchev–Trinajstić information content (AvgIpc) is 2.77. The summed E-state index contributed by atoms with van der Waals surface area (Å²) in [6.07, 6.45) is 3.17. The van der Waals surface area contributed by atoms with E-state index in [0.29, 0.717) is 17.1 Å². The number of hydrogen-bond donors (Lipinski definition) is 2. The molecule has 2 N–H and O–H groups in total. The maximum Gasteiger partial charge on any atom is 0.324 e. The summed E-state index contributed by atoms with van der Waals surface area (Å²) >= 11 is 0. The van der Waals surface area contributed by atoms with Gasteiger partial charge in [-0.3, -0.25) is 5.32 Å². The number of hydrogen-bond acceptors (Lipinski definition) is 4. The van der Waals surface area contributed by atoms with Crippen LogP contribution >= 0.6 is 0 Å². The normalized spacial score (nSPS) is 14.4. The number of anilines is 2.